The van der Waals surface area contributed by atoms with E-state index in [9.17, 15) is 17.6 Å². The van der Waals surface area contributed by atoms with Crippen molar-refractivity contribution in [2.45, 2.75) is 13.1 Å². The molecule has 112 valence electrons. The third-order valence-electron chi connectivity index (χ3n) is 2.71. The molecule has 0 spiro atoms. The molecule has 2 rings (SSSR count). The molecule has 8 heteroatoms. The van der Waals surface area contributed by atoms with Gasteiger partial charge < -0.3 is 4.90 Å². The first kappa shape index (κ1) is 15.5. The Balaban J connectivity index is 2.47. The fraction of sp³-hybridized carbons (Fsp3) is 0.231. The molecule has 0 radical (unpaired) electrons. The van der Waals surface area contributed by atoms with Crippen molar-refractivity contribution in [3.05, 3.63) is 47.1 Å². The Hall–Kier alpha value is -1.89. The first-order valence-electron chi connectivity index (χ1n) is 5.96. The molecule has 3 nitrogen and oxygen atoms in total. The normalized spacial score (nSPS) is 11.5. The highest BCUT2D eigenvalue weighted by atomic mass is 35.5. The summed E-state index contributed by atoms with van der Waals surface area (Å²) in [6.07, 6.45) is -4.62. The van der Waals surface area contributed by atoms with Crippen LogP contribution in [0.15, 0.2) is 30.3 Å². The molecular formula is C13H10ClF4N3. The van der Waals surface area contributed by atoms with E-state index in [1.165, 1.54) is 29.2 Å². The van der Waals surface area contributed by atoms with E-state index in [2.05, 4.69) is 9.97 Å². The zero-order chi connectivity index (χ0) is 15.6. The van der Waals surface area contributed by atoms with Gasteiger partial charge in [-0.05, 0) is 42.8 Å². The molecule has 0 amide bonds. The molecule has 1 heterocycles. The number of aromatic nitrogens is 2. The molecule has 0 bridgehead atoms. The summed E-state index contributed by atoms with van der Waals surface area (Å²) in [4.78, 5) is 8.45. The number of nitrogens with zero attached hydrogens (tertiary/aromatic N) is 3. The van der Waals surface area contributed by atoms with Crippen LogP contribution < -0.4 is 4.90 Å². The van der Waals surface area contributed by atoms with Crippen LogP contribution in [0.1, 0.15) is 12.6 Å². The molecule has 21 heavy (non-hydrogen) atoms. The monoisotopic (exact) mass is 319 g/mol. The lowest BCUT2D eigenvalue weighted by Crippen LogP contribution is -2.19. The molecular weight excluding hydrogens is 310 g/mol. The van der Waals surface area contributed by atoms with Gasteiger partial charge in [-0.15, -0.1) is 0 Å². The van der Waals surface area contributed by atoms with Crippen LogP contribution in [0, 0.1) is 5.82 Å². The van der Waals surface area contributed by atoms with Crippen LogP contribution in [0.25, 0.3) is 0 Å². The van der Waals surface area contributed by atoms with Gasteiger partial charge in [-0.25, -0.2) is 14.4 Å². The standard InChI is InChI=1S/C13H10ClF4N3/c1-2-21(9-5-3-8(15)4-6-9)11-7-10(13(16,17)18)19-12(14)20-11/h3-7H,2H2,1H3. The van der Waals surface area contributed by atoms with Crippen molar-refractivity contribution in [3.8, 4) is 0 Å². The highest BCUT2D eigenvalue weighted by Gasteiger charge is 2.34. The van der Waals surface area contributed by atoms with E-state index in [1.54, 1.807) is 6.92 Å². The zero-order valence-electron chi connectivity index (χ0n) is 10.8. The molecule has 0 saturated carbocycles. The van der Waals surface area contributed by atoms with Gasteiger partial charge in [0.1, 0.15) is 11.6 Å². The summed E-state index contributed by atoms with van der Waals surface area (Å²) < 4.78 is 51.2. The number of alkyl halides is 3. The van der Waals surface area contributed by atoms with E-state index in [-0.39, 0.29) is 5.82 Å². The van der Waals surface area contributed by atoms with Crippen molar-refractivity contribution in [2.24, 2.45) is 0 Å². The molecule has 0 aliphatic carbocycles. The van der Waals surface area contributed by atoms with E-state index in [4.69, 9.17) is 11.6 Å². The molecule has 0 aliphatic rings. The molecule has 0 N–H and O–H groups in total. The maximum absolute atomic E-state index is 12.9. The summed E-state index contributed by atoms with van der Waals surface area (Å²) in [7, 11) is 0. The SMILES string of the molecule is CCN(c1ccc(F)cc1)c1cc(C(F)(F)F)nc(Cl)n1. The summed E-state index contributed by atoms with van der Waals surface area (Å²) in [5, 5.41) is -0.500. The van der Waals surface area contributed by atoms with Gasteiger partial charge in [-0.2, -0.15) is 13.2 Å². The molecule has 0 unspecified atom stereocenters. The smallest absolute Gasteiger partial charge is 0.327 e. The number of halogens is 5. The maximum atomic E-state index is 12.9. The van der Waals surface area contributed by atoms with Crippen molar-refractivity contribution >= 4 is 23.1 Å². The lowest BCUT2D eigenvalue weighted by Gasteiger charge is -2.22. The minimum atomic E-state index is -4.62. The second-order valence-corrected chi connectivity index (χ2v) is 4.44. The highest BCUT2D eigenvalue weighted by molar-refractivity contribution is 6.28. The predicted octanol–water partition coefficient (Wildman–Crippen LogP) is 4.45. The zero-order valence-corrected chi connectivity index (χ0v) is 11.6. The van der Waals surface area contributed by atoms with Crippen LogP contribution >= 0.6 is 11.6 Å². The molecule has 1 aromatic carbocycles. The Morgan fingerprint density at radius 2 is 1.76 bits per heavy atom. The fourth-order valence-electron chi connectivity index (χ4n) is 1.79. The minimum absolute atomic E-state index is 0.00330. The van der Waals surface area contributed by atoms with Gasteiger partial charge in [0, 0.05) is 18.3 Å². The van der Waals surface area contributed by atoms with Gasteiger partial charge in [0.2, 0.25) is 5.28 Å². The van der Waals surface area contributed by atoms with E-state index in [0.717, 1.165) is 6.07 Å². The third kappa shape index (κ3) is 3.60. The topological polar surface area (TPSA) is 29.0 Å². The van der Waals surface area contributed by atoms with Crippen LogP contribution in [-0.2, 0) is 6.18 Å². The quantitative estimate of drug-likeness (QED) is 0.618. The Morgan fingerprint density at radius 3 is 2.29 bits per heavy atom. The molecule has 0 fully saturated rings. The van der Waals surface area contributed by atoms with Crippen molar-refractivity contribution in [3.63, 3.8) is 0 Å². The van der Waals surface area contributed by atoms with Gasteiger partial charge in [0.05, 0.1) is 0 Å². The Bertz CT molecular complexity index is 628. The van der Waals surface area contributed by atoms with Gasteiger partial charge in [0.25, 0.3) is 0 Å². The average Bonchev–Trinajstić information content (AvgIpc) is 2.40. The molecule has 0 atom stereocenters. The van der Waals surface area contributed by atoms with Gasteiger partial charge in [-0.3, -0.25) is 0 Å². The Labute approximate surface area is 123 Å². The highest BCUT2D eigenvalue weighted by Crippen LogP contribution is 2.32. The van der Waals surface area contributed by atoms with Crippen molar-refractivity contribution in [1.82, 2.24) is 9.97 Å². The largest absolute Gasteiger partial charge is 0.433 e. The summed E-state index contributed by atoms with van der Waals surface area (Å²) in [5.74, 6) is -0.442. The Kier molecular flexibility index (Phi) is 4.32. The second-order valence-electron chi connectivity index (χ2n) is 4.10. The van der Waals surface area contributed by atoms with Crippen LogP contribution in [0.5, 0.6) is 0 Å². The van der Waals surface area contributed by atoms with Crippen molar-refractivity contribution < 1.29 is 17.6 Å². The lowest BCUT2D eigenvalue weighted by atomic mass is 10.2. The first-order valence-corrected chi connectivity index (χ1v) is 6.34. The number of hydrogen-bond donors (Lipinski definition) is 0. The number of rotatable bonds is 3. The molecule has 0 saturated heterocycles. The summed E-state index contributed by atoms with van der Waals surface area (Å²) in [6.45, 7) is 2.06. The summed E-state index contributed by atoms with van der Waals surface area (Å²) >= 11 is 5.56. The molecule has 0 aliphatic heterocycles. The second kappa shape index (κ2) is 5.85. The minimum Gasteiger partial charge on any atom is -0.327 e. The summed E-state index contributed by atoms with van der Waals surface area (Å²) in [5.41, 5.74) is -0.625. The van der Waals surface area contributed by atoms with Gasteiger partial charge >= 0.3 is 6.18 Å². The van der Waals surface area contributed by atoms with Crippen molar-refractivity contribution in [1.29, 1.82) is 0 Å². The average molecular weight is 320 g/mol. The first-order chi connectivity index (χ1) is 9.81. The van der Waals surface area contributed by atoms with E-state index >= 15 is 0 Å². The van der Waals surface area contributed by atoms with E-state index in [0.29, 0.717) is 12.2 Å². The van der Waals surface area contributed by atoms with Crippen LogP contribution in [0.3, 0.4) is 0 Å². The maximum Gasteiger partial charge on any atom is 0.433 e. The summed E-state index contributed by atoms with van der Waals surface area (Å²) in [6, 6.07) is 6.12. The Morgan fingerprint density at radius 1 is 1.14 bits per heavy atom. The number of anilines is 2. The fourth-order valence-corrected chi connectivity index (χ4v) is 1.96. The van der Waals surface area contributed by atoms with Crippen LogP contribution in [0.4, 0.5) is 29.1 Å². The molecule has 2 aromatic rings. The van der Waals surface area contributed by atoms with Gasteiger partial charge in [0.15, 0.2) is 5.69 Å². The molecule has 1 aromatic heterocycles. The number of hydrogen-bond acceptors (Lipinski definition) is 3. The number of benzene rings is 1. The van der Waals surface area contributed by atoms with Gasteiger partial charge in [-0.1, -0.05) is 0 Å². The lowest BCUT2D eigenvalue weighted by molar-refractivity contribution is -0.141. The predicted molar refractivity (Wildman–Crippen MR) is 71.1 cm³/mol. The van der Waals surface area contributed by atoms with Crippen molar-refractivity contribution in [2.75, 3.05) is 11.4 Å². The van der Waals surface area contributed by atoms with E-state index in [1.807, 2.05) is 0 Å². The van der Waals surface area contributed by atoms with Crippen LogP contribution in [-0.4, -0.2) is 16.5 Å². The van der Waals surface area contributed by atoms with Crippen LogP contribution in [0.2, 0.25) is 5.28 Å². The van der Waals surface area contributed by atoms with E-state index < -0.39 is 23.0 Å². The third-order valence-corrected chi connectivity index (χ3v) is 2.88.